The second-order valence-electron chi connectivity index (χ2n) is 3.98. The molecule has 1 heterocycles. The van der Waals surface area contributed by atoms with Gasteiger partial charge in [0.25, 0.3) is 5.91 Å². The van der Waals surface area contributed by atoms with E-state index in [9.17, 15) is 18.4 Å². The van der Waals surface area contributed by atoms with Gasteiger partial charge in [-0.25, -0.2) is 8.78 Å². The summed E-state index contributed by atoms with van der Waals surface area (Å²) in [5.41, 5.74) is 9.69. The summed E-state index contributed by atoms with van der Waals surface area (Å²) in [6.45, 7) is 1.96. The molecular weight excluding hydrogens is 256 g/mol. The van der Waals surface area contributed by atoms with Gasteiger partial charge in [0.2, 0.25) is 5.43 Å². The third-order valence-corrected chi connectivity index (χ3v) is 2.91. The van der Waals surface area contributed by atoms with E-state index in [4.69, 9.17) is 11.5 Å². The van der Waals surface area contributed by atoms with Crippen LogP contribution >= 0.6 is 0 Å². The first-order valence-corrected chi connectivity index (χ1v) is 5.49. The number of anilines is 1. The van der Waals surface area contributed by atoms with E-state index in [0.717, 1.165) is 12.1 Å². The van der Waals surface area contributed by atoms with Crippen LogP contribution in [-0.2, 0) is 6.54 Å². The lowest BCUT2D eigenvalue weighted by atomic mass is 10.1. The average Bonchev–Trinajstić information content (AvgIpc) is 2.32. The van der Waals surface area contributed by atoms with Crippen LogP contribution in [0.15, 0.2) is 16.9 Å². The molecule has 1 amide bonds. The maximum absolute atomic E-state index is 13.3. The number of aromatic nitrogens is 1. The number of nitrogens with two attached hydrogens (primary N) is 2. The van der Waals surface area contributed by atoms with Gasteiger partial charge in [-0.15, -0.1) is 0 Å². The SMILES string of the molecule is CCn1c(N)c(C(N)=O)c(=O)c2cc(F)c(F)cc21. The van der Waals surface area contributed by atoms with Crippen molar-refractivity contribution in [2.24, 2.45) is 5.73 Å². The molecule has 0 aliphatic rings. The van der Waals surface area contributed by atoms with Gasteiger partial charge < -0.3 is 16.0 Å². The minimum Gasteiger partial charge on any atom is -0.384 e. The Morgan fingerprint density at radius 1 is 1.32 bits per heavy atom. The van der Waals surface area contributed by atoms with Crippen LogP contribution in [0.3, 0.4) is 0 Å². The number of nitrogen functional groups attached to an aromatic ring is 1. The average molecular weight is 267 g/mol. The zero-order valence-corrected chi connectivity index (χ0v) is 10.0. The summed E-state index contributed by atoms with van der Waals surface area (Å²) in [6, 6.07) is 1.61. The Morgan fingerprint density at radius 2 is 1.89 bits per heavy atom. The Kier molecular flexibility index (Phi) is 2.97. The molecule has 5 nitrogen and oxygen atoms in total. The molecule has 0 aliphatic heterocycles. The number of halogens is 2. The zero-order valence-electron chi connectivity index (χ0n) is 10.0. The molecule has 0 unspecified atom stereocenters. The number of hydrogen-bond donors (Lipinski definition) is 2. The topological polar surface area (TPSA) is 91.1 Å². The first-order chi connectivity index (χ1) is 8.88. The lowest BCUT2D eigenvalue weighted by Crippen LogP contribution is -2.27. The molecule has 0 fully saturated rings. The highest BCUT2D eigenvalue weighted by Crippen LogP contribution is 2.21. The van der Waals surface area contributed by atoms with Gasteiger partial charge in [-0.05, 0) is 13.0 Å². The smallest absolute Gasteiger partial charge is 0.256 e. The lowest BCUT2D eigenvalue weighted by molar-refractivity contribution is 0.1000. The molecule has 1 aromatic carbocycles. The van der Waals surface area contributed by atoms with Crippen molar-refractivity contribution in [3.8, 4) is 0 Å². The van der Waals surface area contributed by atoms with Gasteiger partial charge in [-0.2, -0.15) is 0 Å². The molecule has 2 rings (SSSR count). The van der Waals surface area contributed by atoms with Crippen LogP contribution in [0.4, 0.5) is 14.6 Å². The Labute approximate surface area is 106 Å². The van der Waals surface area contributed by atoms with E-state index >= 15 is 0 Å². The number of amides is 1. The summed E-state index contributed by atoms with van der Waals surface area (Å²) in [5, 5.41) is -0.135. The Hall–Kier alpha value is -2.44. The third-order valence-electron chi connectivity index (χ3n) is 2.91. The zero-order chi connectivity index (χ0) is 14.3. The Bertz CT molecular complexity index is 753. The predicted octanol–water partition coefficient (Wildman–Crippen LogP) is 0.981. The highest BCUT2D eigenvalue weighted by molar-refractivity contribution is 6.01. The van der Waals surface area contributed by atoms with Crippen molar-refractivity contribution in [2.45, 2.75) is 13.5 Å². The van der Waals surface area contributed by atoms with Gasteiger partial charge in [0, 0.05) is 18.0 Å². The van der Waals surface area contributed by atoms with Crippen LogP contribution in [0.1, 0.15) is 17.3 Å². The molecule has 0 aliphatic carbocycles. The molecular formula is C12H11F2N3O2. The van der Waals surface area contributed by atoms with E-state index < -0.39 is 28.5 Å². The molecule has 2 aromatic rings. The van der Waals surface area contributed by atoms with E-state index in [1.807, 2.05) is 0 Å². The molecule has 0 saturated carbocycles. The number of primary amides is 1. The molecule has 1 aromatic heterocycles. The number of carbonyl (C=O) groups is 1. The fourth-order valence-corrected chi connectivity index (χ4v) is 2.04. The van der Waals surface area contributed by atoms with Gasteiger partial charge in [0.15, 0.2) is 11.6 Å². The number of fused-ring (bicyclic) bond motifs is 1. The maximum atomic E-state index is 13.3. The quantitative estimate of drug-likeness (QED) is 0.849. The molecule has 19 heavy (non-hydrogen) atoms. The summed E-state index contributed by atoms with van der Waals surface area (Å²) in [4.78, 5) is 23.3. The second-order valence-corrected chi connectivity index (χ2v) is 3.98. The van der Waals surface area contributed by atoms with Gasteiger partial charge in [0.1, 0.15) is 11.4 Å². The van der Waals surface area contributed by atoms with E-state index in [-0.39, 0.29) is 23.3 Å². The maximum Gasteiger partial charge on any atom is 0.256 e. The molecule has 100 valence electrons. The largest absolute Gasteiger partial charge is 0.384 e. The van der Waals surface area contributed by atoms with Gasteiger partial charge in [-0.1, -0.05) is 0 Å². The van der Waals surface area contributed by atoms with Crippen molar-refractivity contribution in [1.82, 2.24) is 4.57 Å². The standard InChI is InChI=1S/C12H11F2N3O2/c1-2-17-8-4-7(14)6(13)3-5(8)10(18)9(11(17)15)12(16)19/h3-4H,2,15H2,1H3,(H2,16,19). The van der Waals surface area contributed by atoms with Crippen molar-refractivity contribution in [3.05, 3.63) is 39.6 Å². The summed E-state index contributed by atoms with van der Waals surface area (Å²) in [7, 11) is 0. The van der Waals surface area contributed by atoms with Crippen molar-refractivity contribution in [2.75, 3.05) is 5.73 Å². The summed E-state index contributed by atoms with van der Waals surface area (Å²) in [5.74, 6) is -3.43. The monoisotopic (exact) mass is 267 g/mol. The fourth-order valence-electron chi connectivity index (χ4n) is 2.04. The number of carbonyl (C=O) groups excluding carboxylic acids is 1. The number of aryl methyl sites for hydroxylation is 1. The summed E-state index contributed by atoms with van der Waals surface area (Å²) in [6.07, 6.45) is 0. The minimum atomic E-state index is -1.17. The first kappa shape index (κ1) is 13.0. The van der Waals surface area contributed by atoms with Crippen LogP contribution in [0.5, 0.6) is 0 Å². The van der Waals surface area contributed by atoms with Crippen molar-refractivity contribution in [3.63, 3.8) is 0 Å². The molecule has 0 atom stereocenters. The van der Waals surface area contributed by atoms with Gasteiger partial charge >= 0.3 is 0 Å². The van der Waals surface area contributed by atoms with Crippen LogP contribution in [0.2, 0.25) is 0 Å². The highest BCUT2D eigenvalue weighted by atomic mass is 19.2. The van der Waals surface area contributed by atoms with Crippen molar-refractivity contribution < 1.29 is 13.6 Å². The minimum absolute atomic E-state index is 0.119. The number of benzene rings is 1. The predicted molar refractivity (Wildman–Crippen MR) is 66.7 cm³/mol. The molecule has 4 N–H and O–H groups in total. The van der Waals surface area contributed by atoms with Crippen LogP contribution in [-0.4, -0.2) is 10.5 Å². The normalized spacial score (nSPS) is 10.9. The van der Waals surface area contributed by atoms with Crippen molar-refractivity contribution in [1.29, 1.82) is 0 Å². The summed E-state index contributed by atoms with van der Waals surface area (Å²) < 4.78 is 27.8. The Balaban J connectivity index is 3.09. The van der Waals surface area contributed by atoms with Crippen LogP contribution in [0.25, 0.3) is 10.9 Å². The van der Waals surface area contributed by atoms with Crippen molar-refractivity contribution >= 4 is 22.6 Å². The fraction of sp³-hybridized carbons (Fsp3) is 0.167. The van der Waals surface area contributed by atoms with Gasteiger partial charge in [0.05, 0.1) is 5.52 Å². The van der Waals surface area contributed by atoms with Crippen LogP contribution in [0, 0.1) is 11.6 Å². The first-order valence-electron chi connectivity index (χ1n) is 5.49. The Morgan fingerprint density at radius 3 is 2.42 bits per heavy atom. The third kappa shape index (κ3) is 1.83. The number of rotatable bonds is 2. The molecule has 0 saturated heterocycles. The molecule has 0 radical (unpaired) electrons. The number of pyridine rings is 1. The van der Waals surface area contributed by atoms with E-state index in [1.54, 1.807) is 6.92 Å². The molecule has 7 heteroatoms. The summed E-state index contributed by atoms with van der Waals surface area (Å²) >= 11 is 0. The highest BCUT2D eigenvalue weighted by Gasteiger charge is 2.19. The molecule has 0 spiro atoms. The number of nitrogens with zero attached hydrogens (tertiary/aromatic N) is 1. The van der Waals surface area contributed by atoms with E-state index in [1.165, 1.54) is 4.57 Å². The van der Waals surface area contributed by atoms with E-state index in [0.29, 0.717) is 0 Å². The van der Waals surface area contributed by atoms with Crippen LogP contribution < -0.4 is 16.9 Å². The number of hydrogen-bond acceptors (Lipinski definition) is 3. The van der Waals surface area contributed by atoms with E-state index in [2.05, 4.69) is 0 Å². The van der Waals surface area contributed by atoms with Gasteiger partial charge in [-0.3, -0.25) is 9.59 Å². The second kappa shape index (κ2) is 4.34. The molecule has 0 bridgehead atoms. The lowest BCUT2D eigenvalue weighted by Gasteiger charge is -2.14.